The van der Waals surface area contributed by atoms with Crippen molar-refractivity contribution in [1.82, 2.24) is 15.5 Å². The topological polar surface area (TPSA) is 60.2 Å². The maximum atomic E-state index is 5.82. The number of para-hydroxylation sites is 1. The highest BCUT2D eigenvalue weighted by atomic mass is 32.2. The van der Waals surface area contributed by atoms with E-state index in [1.807, 2.05) is 42.5 Å². The third-order valence-corrected chi connectivity index (χ3v) is 6.48. The second-order valence-electron chi connectivity index (χ2n) is 8.05. The molecule has 1 heterocycles. The van der Waals surface area contributed by atoms with Crippen molar-refractivity contribution in [1.29, 1.82) is 0 Å². The summed E-state index contributed by atoms with van der Waals surface area (Å²) in [5.74, 6) is 4.52. The van der Waals surface area contributed by atoms with Crippen molar-refractivity contribution in [2.75, 3.05) is 25.4 Å². The molecule has 0 radical (unpaired) electrons. The molecule has 0 spiro atoms. The predicted octanol–water partition coefficient (Wildman–Crippen LogP) is 5.84. The van der Waals surface area contributed by atoms with Gasteiger partial charge in [0.05, 0.1) is 12.4 Å². The van der Waals surface area contributed by atoms with Gasteiger partial charge in [-0.15, -0.1) is 22.0 Å². The predicted molar refractivity (Wildman–Crippen MR) is 132 cm³/mol. The fraction of sp³-hybridized carbons (Fsp3) is 0.385. The molecule has 0 atom stereocenters. The average molecular weight is 450 g/mol. The summed E-state index contributed by atoms with van der Waals surface area (Å²) in [4.78, 5) is 0. The summed E-state index contributed by atoms with van der Waals surface area (Å²) in [6.45, 7) is 2.71. The standard InChI is InChI=1S/C26H31N3O2S/c1-2-10-24(11-3-1)30-17-18-32-20-25-28-29-26(31-25)23-14-12-21(13-15-23)9-6-16-27-19-22-7-4-5-8-22/h1-3,6,9-15,22,27H,4-5,7-8,16-20H2/b9-6+. The van der Waals surface area contributed by atoms with E-state index in [0.717, 1.165) is 36.1 Å². The lowest BCUT2D eigenvalue weighted by Crippen LogP contribution is -2.20. The van der Waals surface area contributed by atoms with Crippen LogP contribution in [0.5, 0.6) is 5.75 Å². The molecule has 0 amide bonds. The minimum Gasteiger partial charge on any atom is -0.493 e. The number of benzene rings is 2. The van der Waals surface area contributed by atoms with Crippen molar-refractivity contribution in [2.24, 2.45) is 5.92 Å². The third kappa shape index (κ3) is 7.24. The lowest BCUT2D eigenvalue weighted by molar-refractivity contribution is 0.344. The Morgan fingerprint density at radius 2 is 1.84 bits per heavy atom. The van der Waals surface area contributed by atoms with E-state index in [1.165, 1.54) is 31.2 Å². The monoisotopic (exact) mass is 449 g/mol. The molecule has 0 saturated heterocycles. The molecule has 1 aromatic heterocycles. The summed E-state index contributed by atoms with van der Waals surface area (Å²) < 4.78 is 11.5. The Morgan fingerprint density at radius 3 is 2.66 bits per heavy atom. The van der Waals surface area contributed by atoms with E-state index in [2.05, 4.69) is 39.8 Å². The van der Waals surface area contributed by atoms with Crippen molar-refractivity contribution in [3.8, 4) is 17.2 Å². The number of nitrogens with one attached hydrogen (secondary N) is 1. The van der Waals surface area contributed by atoms with Crippen LogP contribution in [0.25, 0.3) is 17.5 Å². The van der Waals surface area contributed by atoms with Crippen molar-refractivity contribution in [3.63, 3.8) is 0 Å². The number of hydrogen-bond donors (Lipinski definition) is 1. The molecular weight excluding hydrogens is 418 g/mol. The van der Waals surface area contributed by atoms with E-state index in [0.29, 0.717) is 24.1 Å². The van der Waals surface area contributed by atoms with Gasteiger partial charge in [-0.05, 0) is 55.1 Å². The summed E-state index contributed by atoms with van der Waals surface area (Å²) >= 11 is 1.72. The third-order valence-electron chi connectivity index (χ3n) is 5.57. The Labute approximate surface area is 194 Å². The first-order valence-electron chi connectivity index (χ1n) is 11.4. The first-order chi connectivity index (χ1) is 15.9. The highest BCUT2D eigenvalue weighted by Crippen LogP contribution is 2.24. The zero-order valence-corrected chi connectivity index (χ0v) is 19.2. The van der Waals surface area contributed by atoms with E-state index < -0.39 is 0 Å². The van der Waals surface area contributed by atoms with Crippen LogP contribution in [0, 0.1) is 5.92 Å². The van der Waals surface area contributed by atoms with Crippen molar-refractivity contribution in [2.45, 2.75) is 31.4 Å². The molecular formula is C26H31N3O2S. The van der Waals surface area contributed by atoms with Crippen LogP contribution in [-0.4, -0.2) is 35.6 Å². The molecule has 1 aliphatic carbocycles. The minimum absolute atomic E-state index is 0.565. The van der Waals surface area contributed by atoms with Crippen LogP contribution in [0.4, 0.5) is 0 Å². The fourth-order valence-corrected chi connectivity index (χ4v) is 4.48. The maximum absolute atomic E-state index is 5.82. The molecule has 1 saturated carbocycles. The van der Waals surface area contributed by atoms with Crippen LogP contribution in [-0.2, 0) is 5.75 Å². The van der Waals surface area contributed by atoms with Crippen LogP contribution < -0.4 is 10.1 Å². The molecule has 3 aromatic rings. The first-order valence-corrected chi connectivity index (χ1v) is 12.6. The first kappa shape index (κ1) is 22.6. The SMILES string of the molecule is C(=C\c1ccc(-c2nnc(CSCCOc3ccccc3)o2)cc1)/CNCC1CCCC1. The molecule has 1 N–H and O–H groups in total. The largest absolute Gasteiger partial charge is 0.493 e. The zero-order chi connectivity index (χ0) is 21.8. The number of nitrogens with zero attached hydrogens (tertiary/aromatic N) is 2. The van der Waals surface area contributed by atoms with Gasteiger partial charge in [-0.2, -0.15) is 0 Å². The fourth-order valence-electron chi connectivity index (χ4n) is 3.84. The Bertz CT molecular complexity index is 951. The van der Waals surface area contributed by atoms with E-state index in [9.17, 15) is 0 Å². The second-order valence-corrected chi connectivity index (χ2v) is 9.15. The number of aromatic nitrogens is 2. The molecule has 32 heavy (non-hydrogen) atoms. The Kier molecular flexibility index (Phi) is 8.81. The molecule has 168 valence electrons. The van der Waals surface area contributed by atoms with Crippen LogP contribution in [0.15, 0.2) is 65.1 Å². The summed E-state index contributed by atoms with van der Waals surface area (Å²) in [5.41, 5.74) is 2.11. The summed E-state index contributed by atoms with van der Waals surface area (Å²) in [6, 6.07) is 18.1. The van der Waals surface area contributed by atoms with E-state index in [-0.39, 0.29) is 0 Å². The molecule has 1 fully saturated rings. The van der Waals surface area contributed by atoms with Gasteiger partial charge < -0.3 is 14.5 Å². The van der Waals surface area contributed by atoms with Gasteiger partial charge >= 0.3 is 0 Å². The summed E-state index contributed by atoms with van der Waals surface area (Å²) in [7, 11) is 0. The van der Waals surface area contributed by atoms with Crippen LogP contribution in [0.2, 0.25) is 0 Å². The Morgan fingerprint density at radius 1 is 1.03 bits per heavy atom. The highest BCUT2D eigenvalue weighted by molar-refractivity contribution is 7.98. The van der Waals surface area contributed by atoms with Crippen molar-refractivity contribution in [3.05, 3.63) is 72.1 Å². The van der Waals surface area contributed by atoms with Gasteiger partial charge in [-0.25, -0.2) is 0 Å². The molecule has 2 aromatic carbocycles. The number of hydrogen-bond acceptors (Lipinski definition) is 6. The lowest BCUT2D eigenvalue weighted by Gasteiger charge is -2.08. The van der Waals surface area contributed by atoms with Crippen molar-refractivity contribution >= 4 is 17.8 Å². The molecule has 0 bridgehead atoms. The summed E-state index contributed by atoms with van der Waals surface area (Å²) in [6.07, 6.45) is 9.91. The van der Waals surface area contributed by atoms with Crippen molar-refractivity contribution < 1.29 is 9.15 Å². The quantitative estimate of drug-likeness (QED) is 0.351. The smallest absolute Gasteiger partial charge is 0.247 e. The normalized spacial score (nSPS) is 14.4. The van der Waals surface area contributed by atoms with Crippen LogP contribution in [0.1, 0.15) is 37.1 Å². The molecule has 4 rings (SSSR count). The van der Waals surface area contributed by atoms with E-state index in [4.69, 9.17) is 9.15 Å². The number of rotatable bonds is 12. The number of ether oxygens (including phenoxy) is 1. The highest BCUT2D eigenvalue weighted by Gasteiger charge is 2.13. The number of thioether (sulfide) groups is 1. The van der Waals surface area contributed by atoms with E-state index >= 15 is 0 Å². The molecule has 6 heteroatoms. The van der Waals surface area contributed by atoms with Gasteiger partial charge in [0.2, 0.25) is 11.8 Å². The minimum atomic E-state index is 0.565. The molecule has 5 nitrogen and oxygen atoms in total. The Balaban J connectivity index is 1.16. The lowest BCUT2D eigenvalue weighted by atomic mass is 10.1. The van der Waals surface area contributed by atoms with Crippen LogP contribution >= 0.6 is 11.8 Å². The Hall–Kier alpha value is -2.57. The average Bonchev–Trinajstić information content (AvgIpc) is 3.52. The summed E-state index contributed by atoms with van der Waals surface area (Å²) in [5, 5.41) is 11.9. The van der Waals surface area contributed by atoms with Gasteiger partial charge in [-0.1, -0.05) is 55.3 Å². The van der Waals surface area contributed by atoms with E-state index in [1.54, 1.807) is 11.8 Å². The molecule has 0 unspecified atom stereocenters. The maximum Gasteiger partial charge on any atom is 0.247 e. The van der Waals surface area contributed by atoms with Gasteiger partial charge in [0.15, 0.2) is 0 Å². The molecule has 1 aliphatic rings. The van der Waals surface area contributed by atoms with Gasteiger partial charge in [-0.3, -0.25) is 0 Å². The second kappa shape index (κ2) is 12.5. The van der Waals surface area contributed by atoms with Gasteiger partial charge in [0.25, 0.3) is 0 Å². The molecule has 0 aliphatic heterocycles. The van der Waals surface area contributed by atoms with Gasteiger partial charge in [0.1, 0.15) is 5.75 Å². The zero-order valence-electron chi connectivity index (χ0n) is 18.4. The van der Waals surface area contributed by atoms with Crippen LogP contribution in [0.3, 0.4) is 0 Å². The van der Waals surface area contributed by atoms with Gasteiger partial charge in [0, 0.05) is 17.9 Å².